The van der Waals surface area contributed by atoms with E-state index in [2.05, 4.69) is 44.4 Å². The van der Waals surface area contributed by atoms with Crippen LogP contribution < -0.4 is 15.4 Å². The van der Waals surface area contributed by atoms with Crippen LogP contribution in [0.3, 0.4) is 0 Å². The average molecular weight is 318 g/mol. The van der Waals surface area contributed by atoms with Crippen LogP contribution in [0.15, 0.2) is 18.2 Å². The van der Waals surface area contributed by atoms with Crippen molar-refractivity contribution in [3.63, 3.8) is 0 Å². The van der Waals surface area contributed by atoms with Crippen molar-refractivity contribution >= 4 is 5.91 Å². The lowest BCUT2D eigenvalue weighted by molar-refractivity contribution is -0.124. The molecule has 1 saturated heterocycles. The van der Waals surface area contributed by atoms with Crippen LogP contribution in [0.4, 0.5) is 0 Å². The molecular weight excluding hydrogens is 288 g/mol. The topological polar surface area (TPSA) is 50.4 Å². The minimum atomic E-state index is -0.0531. The fourth-order valence-corrected chi connectivity index (χ4v) is 3.86. The molecule has 4 heteroatoms. The molecule has 1 fully saturated rings. The van der Waals surface area contributed by atoms with Crippen LogP contribution in [0.2, 0.25) is 0 Å². The van der Waals surface area contributed by atoms with E-state index in [0.29, 0.717) is 0 Å². The summed E-state index contributed by atoms with van der Waals surface area (Å²) in [7, 11) is 0. The highest BCUT2D eigenvalue weighted by molar-refractivity contribution is 5.77. The third kappa shape index (κ3) is 5.54. The number of amides is 1. The summed E-state index contributed by atoms with van der Waals surface area (Å²) in [6.07, 6.45) is 1.84. The minimum absolute atomic E-state index is 0.0220. The molecule has 1 aromatic carbocycles. The number of nitrogens with one attached hydrogen (secondary N) is 2. The Labute approximate surface area is 140 Å². The fourth-order valence-electron chi connectivity index (χ4n) is 3.86. The van der Waals surface area contributed by atoms with Gasteiger partial charge in [-0.15, -0.1) is 0 Å². The van der Waals surface area contributed by atoms with E-state index >= 15 is 0 Å². The SMILES string of the molecule is Cc1cc(C)cc(OCC(=O)NC2CC(C)(C)NC(C)(C)C2)c1. The van der Waals surface area contributed by atoms with Crippen molar-refractivity contribution < 1.29 is 9.53 Å². The molecule has 0 bridgehead atoms. The summed E-state index contributed by atoms with van der Waals surface area (Å²) < 4.78 is 5.65. The van der Waals surface area contributed by atoms with Crippen LogP contribution >= 0.6 is 0 Å². The Hall–Kier alpha value is -1.55. The highest BCUT2D eigenvalue weighted by atomic mass is 16.5. The first-order chi connectivity index (χ1) is 10.5. The Kier molecular flexibility index (Phi) is 5.04. The number of hydrogen-bond donors (Lipinski definition) is 2. The quantitative estimate of drug-likeness (QED) is 0.897. The molecule has 1 aliphatic heterocycles. The molecule has 0 atom stereocenters. The van der Waals surface area contributed by atoms with Crippen molar-refractivity contribution in [1.29, 1.82) is 0 Å². The molecule has 0 saturated carbocycles. The molecule has 0 spiro atoms. The standard InChI is InChI=1S/C19H30N2O2/c1-13-7-14(2)9-16(8-13)23-12-17(22)20-15-10-18(3,4)21-19(5,6)11-15/h7-9,15,21H,10-12H2,1-6H3,(H,20,22). The summed E-state index contributed by atoms with van der Waals surface area (Å²) in [5, 5.41) is 6.75. The molecule has 0 aliphatic carbocycles. The van der Waals surface area contributed by atoms with Gasteiger partial charge in [0.15, 0.2) is 6.61 Å². The van der Waals surface area contributed by atoms with Gasteiger partial charge in [-0.1, -0.05) is 6.07 Å². The summed E-state index contributed by atoms with van der Waals surface area (Å²) >= 11 is 0. The van der Waals surface area contributed by atoms with Crippen molar-refractivity contribution in [3.05, 3.63) is 29.3 Å². The predicted molar refractivity (Wildman–Crippen MR) is 93.9 cm³/mol. The molecule has 1 heterocycles. The Morgan fingerprint density at radius 1 is 1.13 bits per heavy atom. The van der Waals surface area contributed by atoms with E-state index in [1.807, 2.05) is 26.0 Å². The number of carbonyl (C=O) groups excluding carboxylic acids is 1. The Bertz CT molecular complexity index is 542. The predicted octanol–water partition coefficient (Wildman–Crippen LogP) is 3.11. The second-order valence-electron chi connectivity index (χ2n) is 8.18. The summed E-state index contributed by atoms with van der Waals surface area (Å²) in [5.74, 6) is 0.700. The zero-order valence-electron chi connectivity index (χ0n) is 15.2. The summed E-state index contributed by atoms with van der Waals surface area (Å²) in [6, 6.07) is 6.18. The first kappa shape index (κ1) is 17.8. The lowest BCUT2D eigenvalue weighted by Crippen LogP contribution is -2.62. The number of piperidine rings is 1. The molecular formula is C19H30N2O2. The number of hydrogen-bond acceptors (Lipinski definition) is 3. The summed E-state index contributed by atoms with van der Waals surface area (Å²) in [5.41, 5.74) is 2.33. The maximum Gasteiger partial charge on any atom is 0.258 e. The first-order valence-corrected chi connectivity index (χ1v) is 8.34. The summed E-state index contributed by atoms with van der Waals surface area (Å²) in [6.45, 7) is 12.8. The van der Waals surface area contributed by atoms with E-state index in [4.69, 9.17) is 4.74 Å². The monoisotopic (exact) mass is 318 g/mol. The lowest BCUT2D eigenvalue weighted by Gasteiger charge is -2.46. The number of carbonyl (C=O) groups is 1. The third-order valence-corrected chi connectivity index (χ3v) is 4.12. The molecule has 128 valence electrons. The highest BCUT2D eigenvalue weighted by Crippen LogP contribution is 2.28. The van der Waals surface area contributed by atoms with Crippen LogP contribution in [-0.2, 0) is 4.79 Å². The number of ether oxygens (including phenoxy) is 1. The van der Waals surface area contributed by atoms with Gasteiger partial charge in [-0.2, -0.15) is 0 Å². The molecule has 0 unspecified atom stereocenters. The van der Waals surface area contributed by atoms with Gasteiger partial charge in [-0.3, -0.25) is 4.79 Å². The number of benzene rings is 1. The van der Waals surface area contributed by atoms with E-state index in [1.54, 1.807) is 0 Å². The van der Waals surface area contributed by atoms with Crippen molar-refractivity contribution in [2.24, 2.45) is 0 Å². The van der Waals surface area contributed by atoms with Crippen LogP contribution in [0.5, 0.6) is 5.75 Å². The molecule has 2 N–H and O–H groups in total. The van der Waals surface area contributed by atoms with Crippen molar-refractivity contribution in [2.45, 2.75) is 71.5 Å². The van der Waals surface area contributed by atoms with E-state index < -0.39 is 0 Å². The fraction of sp³-hybridized carbons (Fsp3) is 0.632. The maximum atomic E-state index is 12.2. The zero-order chi connectivity index (χ0) is 17.3. The van der Waals surface area contributed by atoms with Crippen molar-refractivity contribution in [1.82, 2.24) is 10.6 Å². The lowest BCUT2D eigenvalue weighted by atomic mass is 9.79. The summed E-state index contributed by atoms with van der Waals surface area (Å²) in [4.78, 5) is 12.2. The van der Waals surface area contributed by atoms with Gasteiger partial charge in [-0.05, 0) is 77.6 Å². The Morgan fingerprint density at radius 2 is 1.65 bits per heavy atom. The van der Waals surface area contributed by atoms with Gasteiger partial charge in [-0.25, -0.2) is 0 Å². The number of rotatable bonds is 4. The molecule has 1 aliphatic rings. The smallest absolute Gasteiger partial charge is 0.258 e. The maximum absolute atomic E-state index is 12.2. The van der Waals surface area contributed by atoms with E-state index in [1.165, 1.54) is 0 Å². The van der Waals surface area contributed by atoms with Crippen LogP contribution in [0.1, 0.15) is 51.7 Å². The van der Waals surface area contributed by atoms with Gasteiger partial charge in [0.1, 0.15) is 5.75 Å². The van der Waals surface area contributed by atoms with Gasteiger partial charge in [0.05, 0.1) is 0 Å². The Balaban J connectivity index is 1.89. The van der Waals surface area contributed by atoms with Gasteiger partial charge in [0.2, 0.25) is 0 Å². The third-order valence-electron chi connectivity index (χ3n) is 4.12. The second-order valence-corrected chi connectivity index (χ2v) is 8.18. The zero-order valence-corrected chi connectivity index (χ0v) is 15.2. The van der Waals surface area contributed by atoms with Gasteiger partial charge in [0.25, 0.3) is 5.91 Å². The Morgan fingerprint density at radius 3 is 2.17 bits per heavy atom. The number of aryl methyl sites for hydroxylation is 2. The normalized spacial score (nSPS) is 20.1. The largest absolute Gasteiger partial charge is 0.484 e. The molecule has 0 radical (unpaired) electrons. The molecule has 2 rings (SSSR count). The van der Waals surface area contributed by atoms with E-state index in [0.717, 1.165) is 29.7 Å². The molecule has 0 aromatic heterocycles. The molecule has 23 heavy (non-hydrogen) atoms. The van der Waals surface area contributed by atoms with E-state index in [9.17, 15) is 4.79 Å². The molecule has 4 nitrogen and oxygen atoms in total. The average Bonchev–Trinajstić information content (AvgIpc) is 2.31. The van der Waals surface area contributed by atoms with Crippen molar-refractivity contribution in [3.8, 4) is 5.75 Å². The first-order valence-electron chi connectivity index (χ1n) is 8.34. The molecule has 1 aromatic rings. The minimum Gasteiger partial charge on any atom is -0.484 e. The van der Waals surface area contributed by atoms with Gasteiger partial charge in [0, 0.05) is 17.1 Å². The second kappa shape index (κ2) is 6.52. The van der Waals surface area contributed by atoms with E-state index in [-0.39, 0.29) is 29.6 Å². The molecule has 1 amide bonds. The van der Waals surface area contributed by atoms with Gasteiger partial charge < -0.3 is 15.4 Å². The van der Waals surface area contributed by atoms with Crippen LogP contribution in [-0.4, -0.2) is 29.6 Å². The van der Waals surface area contributed by atoms with Crippen LogP contribution in [0, 0.1) is 13.8 Å². The van der Waals surface area contributed by atoms with Gasteiger partial charge >= 0.3 is 0 Å². The van der Waals surface area contributed by atoms with Crippen molar-refractivity contribution in [2.75, 3.05) is 6.61 Å². The van der Waals surface area contributed by atoms with Crippen LogP contribution in [0.25, 0.3) is 0 Å². The highest BCUT2D eigenvalue weighted by Gasteiger charge is 2.38.